The number of nitrogens with one attached hydrogen (secondary N) is 1. The van der Waals surface area contributed by atoms with Crippen LogP contribution in [-0.4, -0.2) is 33.5 Å². The van der Waals surface area contributed by atoms with Crippen LogP contribution >= 0.6 is 11.8 Å². The number of thioether (sulfide) groups is 1. The maximum Gasteiger partial charge on any atom is 0.316 e. The monoisotopic (exact) mass is 233 g/mol. The Morgan fingerprint density at radius 3 is 2.40 bits per heavy atom. The average molecular weight is 233 g/mol. The lowest BCUT2D eigenvalue weighted by Crippen LogP contribution is -2.43. The normalized spacial score (nSPS) is 13.3. The van der Waals surface area contributed by atoms with E-state index in [1.165, 1.54) is 0 Å². The highest BCUT2D eigenvalue weighted by Crippen LogP contribution is 2.12. The minimum absolute atomic E-state index is 0.111. The molecule has 0 aliphatic carbocycles. The van der Waals surface area contributed by atoms with Gasteiger partial charge in [-0.2, -0.15) is 0 Å². The van der Waals surface area contributed by atoms with Crippen LogP contribution in [0.5, 0.6) is 0 Å². The van der Waals surface area contributed by atoms with Crippen molar-refractivity contribution in [2.24, 2.45) is 0 Å². The summed E-state index contributed by atoms with van der Waals surface area (Å²) in [5.74, 6) is -0.806. The van der Waals surface area contributed by atoms with E-state index < -0.39 is 11.2 Å². The highest BCUT2D eigenvalue weighted by atomic mass is 32.2. The van der Waals surface area contributed by atoms with E-state index in [9.17, 15) is 9.59 Å². The number of hydrogen-bond donors (Lipinski definition) is 2. The van der Waals surface area contributed by atoms with Crippen LogP contribution in [0, 0.1) is 0 Å². The molecule has 88 valence electrons. The van der Waals surface area contributed by atoms with E-state index in [0.717, 1.165) is 18.2 Å². The molecule has 0 aliphatic rings. The maximum absolute atomic E-state index is 11.4. The number of carbonyl (C=O) groups excluding carboxylic acids is 1. The standard InChI is InChI=1S/C10H19NO3S/c1-5-10(3,4)11-8(12)6-15-7(2)9(13)14/h7H,5-6H2,1-4H3,(H,11,12)(H,13,14). The smallest absolute Gasteiger partial charge is 0.316 e. The molecule has 0 heterocycles. The molecule has 0 saturated carbocycles. The van der Waals surface area contributed by atoms with E-state index in [1.54, 1.807) is 6.92 Å². The first kappa shape index (κ1) is 14.3. The first-order chi connectivity index (χ1) is 6.78. The predicted octanol–water partition coefficient (Wildman–Crippen LogP) is 1.50. The number of carboxylic acids is 1. The molecular weight excluding hydrogens is 214 g/mol. The van der Waals surface area contributed by atoms with Gasteiger partial charge in [-0.25, -0.2) is 0 Å². The van der Waals surface area contributed by atoms with Gasteiger partial charge in [-0.05, 0) is 27.2 Å². The van der Waals surface area contributed by atoms with Crippen LogP contribution in [0.25, 0.3) is 0 Å². The summed E-state index contributed by atoms with van der Waals surface area (Å²) in [6.45, 7) is 7.45. The first-order valence-electron chi connectivity index (χ1n) is 4.94. The van der Waals surface area contributed by atoms with Gasteiger partial charge in [0.05, 0.1) is 11.0 Å². The molecular formula is C10H19NO3S. The summed E-state index contributed by atoms with van der Waals surface area (Å²) < 4.78 is 0. The van der Waals surface area contributed by atoms with E-state index in [4.69, 9.17) is 5.11 Å². The number of amides is 1. The van der Waals surface area contributed by atoms with Crippen molar-refractivity contribution >= 4 is 23.6 Å². The molecule has 5 heteroatoms. The number of aliphatic carboxylic acids is 1. The fourth-order valence-corrected chi connectivity index (χ4v) is 1.39. The van der Waals surface area contributed by atoms with Crippen molar-refractivity contribution in [1.82, 2.24) is 5.32 Å². The average Bonchev–Trinajstić information content (AvgIpc) is 2.13. The van der Waals surface area contributed by atoms with Crippen molar-refractivity contribution in [1.29, 1.82) is 0 Å². The van der Waals surface area contributed by atoms with Crippen LogP contribution in [0.2, 0.25) is 0 Å². The molecule has 0 aromatic carbocycles. The van der Waals surface area contributed by atoms with Crippen molar-refractivity contribution < 1.29 is 14.7 Å². The maximum atomic E-state index is 11.4. The minimum atomic E-state index is -0.887. The molecule has 0 radical (unpaired) electrons. The third kappa shape index (κ3) is 6.38. The van der Waals surface area contributed by atoms with Gasteiger partial charge in [0.15, 0.2) is 0 Å². The van der Waals surface area contributed by atoms with Gasteiger partial charge in [-0.15, -0.1) is 11.8 Å². The topological polar surface area (TPSA) is 66.4 Å². The lowest BCUT2D eigenvalue weighted by Gasteiger charge is -2.24. The fourth-order valence-electron chi connectivity index (χ4n) is 0.774. The SMILES string of the molecule is CCC(C)(C)NC(=O)CSC(C)C(=O)O. The van der Waals surface area contributed by atoms with Gasteiger partial charge >= 0.3 is 5.97 Å². The molecule has 1 unspecified atom stereocenters. The third-order valence-electron chi connectivity index (χ3n) is 2.17. The number of carboxylic acid groups (broad SMARTS) is 1. The van der Waals surface area contributed by atoms with Crippen LogP contribution in [0.15, 0.2) is 0 Å². The van der Waals surface area contributed by atoms with Gasteiger partial charge < -0.3 is 10.4 Å². The van der Waals surface area contributed by atoms with Crippen molar-refractivity contribution in [2.75, 3.05) is 5.75 Å². The lowest BCUT2D eigenvalue weighted by atomic mass is 10.0. The summed E-state index contributed by atoms with van der Waals surface area (Å²) in [4.78, 5) is 21.9. The van der Waals surface area contributed by atoms with E-state index in [-0.39, 0.29) is 17.2 Å². The van der Waals surface area contributed by atoms with Crippen LogP contribution < -0.4 is 5.32 Å². The van der Waals surface area contributed by atoms with E-state index in [1.807, 2.05) is 20.8 Å². The molecule has 0 spiro atoms. The van der Waals surface area contributed by atoms with E-state index in [2.05, 4.69) is 5.32 Å². The first-order valence-corrected chi connectivity index (χ1v) is 5.99. The largest absolute Gasteiger partial charge is 0.480 e. The summed E-state index contributed by atoms with van der Waals surface area (Å²) in [5.41, 5.74) is -0.218. The zero-order chi connectivity index (χ0) is 12.1. The number of rotatable bonds is 6. The Hall–Kier alpha value is -0.710. The fraction of sp³-hybridized carbons (Fsp3) is 0.800. The highest BCUT2D eigenvalue weighted by molar-refractivity contribution is 8.01. The second-order valence-corrected chi connectivity index (χ2v) is 5.41. The molecule has 2 N–H and O–H groups in total. The summed E-state index contributed by atoms with van der Waals surface area (Å²) in [6.07, 6.45) is 0.845. The van der Waals surface area contributed by atoms with E-state index in [0.29, 0.717) is 0 Å². The molecule has 4 nitrogen and oxygen atoms in total. The Kier molecular flexibility index (Phi) is 5.72. The Labute approximate surface area is 94.8 Å². The van der Waals surface area contributed by atoms with Crippen molar-refractivity contribution in [3.63, 3.8) is 0 Å². The number of carbonyl (C=O) groups is 2. The second kappa shape index (κ2) is 6.00. The summed E-state index contributed by atoms with van der Waals surface area (Å²) in [7, 11) is 0. The third-order valence-corrected chi connectivity index (χ3v) is 3.30. The molecule has 0 aliphatic heterocycles. The molecule has 1 atom stereocenters. The van der Waals surface area contributed by atoms with Gasteiger partial charge in [-0.3, -0.25) is 9.59 Å². The minimum Gasteiger partial charge on any atom is -0.480 e. The van der Waals surface area contributed by atoms with Crippen molar-refractivity contribution in [3.8, 4) is 0 Å². The van der Waals surface area contributed by atoms with Crippen LogP contribution in [0.1, 0.15) is 34.1 Å². The van der Waals surface area contributed by atoms with Gasteiger partial charge in [0.25, 0.3) is 0 Å². The molecule has 0 bridgehead atoms. The van der Waals surface area contributed by atoms with Crippen molar-refractivity contribution in [3.05, 3.63) is 0 Å². The Morgan fingerprint density at radius 2 is 2.00 bits per heavy atom. The lowest BCUT2D eigenvalue weighted by molar-refractivity contribution is -0.136. The molecule has 15 heavy (non-hydrogen) atoms. The summed E-state index contributed by atoms with van der Waals surface area (Å²) >= 11 is 1.13. The molecule has 0 fully saturated rings. The highest BCUT2D eigenvalue weighted by Gasteiger charge is 2.19. The number of hydrogen-bond acceptors (Lipinski definition) is 3. The van der Waals surface area contributed by atoms with Gasteiger partial charge in [-0.1, -0.05) is 6.92 Å². The van der Waals surface area contributed by atoms with Crippen LogP contribution in [0.4, 0.5) is 0 Å². The van der Waals surface area contributed by atoms with Gasteiger partial charge in [0.2, 0.25) is 5.91 Å². The Morgan fingerprint density at radius 1 is 1.47 bits per heavy atom. The summed E-state index contributed by atoms with van der Waals surface area (Å²) in [6, 6.07) is 0. The quantitative estimate of drug-likeness (QED) is 0.729. The van der Waals surface area contributed by atoms with Crippen LogP contribution in [-0.2, 0) is 9.59 Å². The van der Waals surface area contributed by atoms with E-state index >= 15 is 0 Å². The molecule has 0 saturated heterocycles. The molecule has 0 aromatic rings. The zero-order valence-corrected chi connectivity index (χ0v) is 10.5. The second-order valence-electron chi connectivity index (χ2n) is 4.08. The molecule has 1 amide bonds. The van der Waals surface area contributed by atoms with Crippen LogP contribution in [0.3, 0.4) is 0 Å². The van der Waals surface area contributed by atoms with Gasteiger partial charge in [0, 0.05) is 5.54 Å². The zero-order valence-electron chi connectivity index (χ0n) is 9.66. The molecule has 0 aromatic heterocycles. The predicted molar refractivity (Wildman–Crippen MR) is 62.1 cm³/mol. The Balaban J connectivity index is 3.91. The van der Waals surface area contributed by atoms with Gasteiger partial charge in [0.1, 0.15) is 0 Å². The Bertz CT molecular complexity index is 241. The summed E-state index contributed by atoms with van der Waals surface area (Å²) in [5, 5.41) is 10.9. The molecule has 0 rings (SSSR count). The van der Waals surface area contributed by atoms with Crippen molar-refractivity contribution in [2.45, 2.75) is 44.9 Å².